The topological polar surface area (TPSA) is 364 Å². The van der Waals surface area contributed by atoms with E-state index in [0.717, 1.165) is 22.7 Å². The first-order valence-corrected chi connectivity index (χ1v) is 20.9. The van der Waals surface area contributed by atoms with Crippen LogP contribution in [0.4, 0.5) is 11.6 Å². The van der Waals surface area contributed by atoms with E-state index in [4.69, 9.17) is 34.7 Å². The minimum Gasteiger partial charge on any atom is -0.455 e. The summed E-state index contributed by atoms with van der Waals surface area (Å²) in [5.74, 6) is -1.89. The number of anilines is 2. The molecule has 5 heterocycles. The first-order valence-electron chi connectivity index (χ1n) is 16.7. The number of fused-ring (bicyclic) bond motifs is 1. The van der Waals surface area contributed by atoms with E-state index in [-0.39, 0.29) is 42.1 Å². The number of thioether (sulfide) groups is 1. The molecule has 0 bridgehead atoms. The fraction of sp³-hybridized carbons (Fsp3) is 0.517. The number of ether oxygens (including phenoxy) is 3. The zero-order chi connectivity index (χ0) is 41.7. The number of aliphatic hydroxyl groups is 1. The van der Waals surface area contributed by atoms with Gasteiger partial charge in [-0.05, 0) is 18.7 Å². The number of hydrogen-bond donors (Lipinski definition) is 7. The van der Waals surface area contributed by atoms with E-state index in [9.17, 15) is 48.1 Å². The van der Waals surface area contributed by atoms with Crippen LogP contribution in [0.15, 0.2) is 42.4 Å². The number of aromatic nitrogens is 6. The van der Waals surface area contributed by atoms with Crippen LogP contribution >= 0.6 is 27.4 Å². The molecule has 0 aromatic carbocycles. The van der Waals surface area contributed by atoms with Crippen molar-refractivity contribution < 1.29 is 71.1 Å². The second-order valence-electron chi connectivity index (χ2n) is 12.4. The zero-order valence-electron chi connectivity index (χ0n) is 29.8. The third-order valence-corrected chi connectivity index (χ3v) is 10.6. The number of amides is 1. The predicted molar refractivity (Wildman–Crippen MR) is 194 cm³/mol. The summed E-state index contributed by atoms with van der Waals surface area (Å²) >= 11 is 0.794. The lowest BCUT2D eigenvalue weighted by Crippen LogP contribution is -2.47. The average molecular weight is 864 g/mol. The normalized spacial score (nSPS) is 25.2. The maximum atomic E-state index is 13.6. The number of phosphoric ester groups is 2. The third-order valence-electron chi connectivity index (χ3n) is 8.44. The van der Waals surface area contributed by atoms with Crippen molar-refractivity contribution in [3.63, 3.8) is 0 Å². The maximum absolute atomic E-state index is 13.6. The lowest BCUT2D eigenvalue weighted by Gasteiger charge is -2.25. The number of carbonyl (C=O) groups is 3. The summed E-state index contributed by atoms with van der Waals surface area (Å²) in [5, 5.41) is 13.5. The minimum atomic E-state index is -5.23. The molecule has 0 spiro atoms. The van der Waals surface area contributed by atoms with Crippen LogP contribution in [0.25, 0.3) is 11.2 Å². The smallest absolute Gasteiger partial charge is 0.455 e. The molecule has 28 heteroatoms. The van der Waals surface area contributed by atoms with Crippen molar-refractivity contribution in [3.05, 3.63) is 48.1 Å². The highest BCUT2D eigenvalue weighted by molar-refractivity contribution is 8.13. The van der Waals surface area contributed by atoms with Gasteiger partial charge in [0.2, 0.25) is 5.91 Å². The molecular weight excluding hydrogens is 824 g/mol. The Labute approximate surface area is 325 Å². The largest absolute Gasteiger partial charge is 0.472 e. The molecule has 2 saturated heterocycles. The average Bonchev–Trinajstić information content (AvgIpc) is 3.83. The van der Waals surface area contributed by atoms with E-state index in [1.54, 1.807) is 0 Å². The Morgan fingerprint density at radius 1 is 1.12 bits per heavy atom. The molecule has 2 aliphatic rings. The van der Waals surface area contributed by atoms with Gasteiger partial charge in [0, 0.05) is 25.5 Å². The predicted octanol–water partition coefficient (Wildman–Crippen LogP) is -0.953. The van der Waals surface area contributed by atoms with Gasteiger partial charge < -0.3 is 50.8 Å². The second kappa shape index (κ2) is 18.6. The van der Waals surface area contributed by atoms with Crippen LogP contribution in [0.1, 0.15) is 38.1 Å². The van der Waals surface area contributed by atoms with Crippen LogP contribution in [0.3, 0.4) is 0 Å². The Bertz CT molecular complexity index is 2120. The lowest BCUT2D eigenvalue weighted by atomic mass is 10.1. The number of nitrogens with two attached hydrogens (primary N) is 2. The summed E-state index contributed by atoms with van der Waals surface area (Å²) < 4.78 is 59.5. The van der Waals surface area contributed by atoms with Crippen molar-refractivity contribution in [3.8, 4) is 0 Å². The van der Waals surface area contributed by atoms with Gasteiger partial charge in [-0.1, -0.05) is 17.8 Å². The first kappa shape index (κ1) is 43.9. The van der Waals surface area contributed by atoms with Crippen LogP contribution < -0.4 is 22.5 Å². The number of imidazole rings is 1. The van der Waals surface area contributed by atoms with Gasteiger partial charge in [0.15, 0.2) is 28.9 Å². The van der Waals surface area contributed by atoms with Gasteiger partial charge in [0.25, 0.3) is 0 Å². The molecule has 0 radical (unpaired) electrons. The Morgan fingerprint density at radius 3 is 2.54 bits per heavy atom. The molecule has 0 saturated carbocycles. The SMILES string of the molecule is C=CCCC(=O)NC(CC(=O)SC)C(=O)O[C@H]1[C@@H](O)[C@H](n2cnc3c(N)ncnc32)O[C@H]1COP(=O)(O)O[C@H]1C[C@H](n2ccc(N)nc2=O)O[C@@H]1COP(=O)(O)O. The fourth-order valence-electron chi connectivity index (χ4n) is 5.76. The summed E-state index contributed by atoms with van der Waals surface area (Å²) in [7, 11) is -10.3. The molecule has 312 valence electrons. The number of esters is 1. The van der Waals surface area contributed by atoms with Crippen molar-refractivity contribution in [2.24, 2.45) is 0 Å². The van der Waals surface area contributed by atoms with Gasteiger partial charge in [-0.2, -0.15) is 4.98 Å². The number of aliphatic hydroxyl groups excluding tert-OH is 1. The van der Waals surface area contributed by atoms with Crippen LogP contribution in [0.5, 0.6) is 0 Å². The first-order chi connectivity index (χ1) is 26.9. The number of nitrogens with one attached hydrogen (secondary N) is 1. The highest BCUT2D eigenvalue weighted by atomic mass is 32.2. The van der Waals surface area contributed by atoms with E-state index in [1.165, 1.54) is 35.5 Å². The summed E-state index contributed by atoms with van der Waals surface area (Å²) in [6, 6.07) is -0.253. The molecule has 9 N–H and O–H groups in total. The number of nitrogen functional groups attached to an aromatic ring is 2. The van der Waals surface area contributed by atoms with Crippen molar-refractivity contribution in [2.45, 2.75) is 74.7 Å². The van der Waals surface area contributed by atoms with Crippen LogP contribution in [0.2, 0.25) is 0 Å². The van der Waals surface area contributed by atoms with Crippen molar-refractivity contribution in [1.29, 1.82) is 0 Å². The standard InChI is InChI=1S/C29H39N9O16P2S/c1-3-4-5-19(39)35-14(8-21(40)57-2)28(42)53-24-17(52-27(23(24)41)38-13-34-22-25(31)32-12-33-26(22)38)11-50-56(47,48)54-15-9-20(37-7-6-18(30)36-29(37)43)51-16(15)10-49-55(44,45)46/h3,6-7,12-17,20,23-24,27,41H,1,4-5,8-11H2,2H3,(H,35,39)(H,47,48)(H2,30,36,43)(H2,31,32,33)(H2,44,45,46)/t14?,15-,16+,17-,20+,23+,24+,27+/m0/s1. The summed E-state index contributed by atoms with van der Waals surface area (Å²) in [6.45, 7) is 1.75. The Morgan fingerprint density at radius 2 is 1.86 bits per heavy atom. The van der Waals surface area contributed by atoms with Gasteiger partial charge in [0.1, 0.15) is 54.3 Å². The van der Waals surface area contributed by atoms with E-state index in [2.05, 4.69) is 36.4 Å². The highest BCUT2D eigenvalue weighted by Crippen LogP contribution is 2.50. The summed E-state index contributed by atoms with van der Waals surface area (Å²) in [5.41, 5.74) is 10.8. The Balaban J connectivity index is 1.38. The number of nitrogens with zero attached hydrogens (tertiary/aromatic N) is 6. The van der Waals surface area contributed by atoms with Crippen molar-refractivity contribution in [1.82, 2.24) is 34.4 Å². The molecule has 5 rings (SSSR count). The molecule has 2 fully saturated rings. The number of phosphoric acid groups is 2. The number of rotatable bonds is 18. The third kappa shape index (κ3) is 11.3. The molecule has 9 atom stereocenters. The van der Waals surface area contributed by atoms with E-state index >= 15 is 0 Å². The highest BCUT2D eigenvalue weighted by Gasteiger charge is 2.50. The van der Waals surface area contributed by atoms with E-state index in [1.807, 2.05) is 0 Å². The molecule has 2 aliphatic heterocycles. The van der Waals surface area contributed by atoms with Crippen molar-refractivity contribution >= 4 is 67.2 Å². The molecular formula is C29H39N9O16P2S. The van der Waals surface area contributed by atoms with Gasteiger partial charge >= 0.3 is 27.3 Å². The van der Waals surface area contributed by atoms with E-state index in [0.29, 0.717) is 0 Å². The summed E-state index contributed by atoms with van der Waals surface area (Å²) in [4.78, 5) is 96.0. The number of allylic oxidation sites excluding steroid dienone is 1. The number of hydrogen-bond acceptors (Lipinski definition) is 20. The maximum Gasteiger partial charge on any atom is 0.472 e. The van der Waals surface area contributed by atoms with Gasteiger partial charge in [-0.25, -0.2) is 33.7 Å². The van der Waals surface area contributed by atoms with Crippen molar-refractivity contribution in [2.75, 3.05) is 30.9 Å². The van der Waals surface area contributed by atoms with Gasteiger partial charge in [0.05, 0.1) is 19.5 Å². The Kier molecular flexibility index (Phi) is 14.3. The molecule has 3 aromatic heterocycles. The van der Waals surface area contributed by atoms with Crippen LogP contribution in [-0.2, 0) is 51.3 Å². The molecule has 1 amide bonds. The molecule has 2 unspecified atom stereocenters. The number of carbonyl (C=O) groups excluding carboxylic acids is 3. The lowest BCUT2D eigenvalue weighted by molar-refractivity contribution is -0.160. The monoisotopic (exact) mass is 863 g/mol. The Hall–Kier alpha value is -4.17. The fourth-order valence-corrected chi connectivity index (χ4v) is 7.40. The molecule has 0 aliphatic carbocycles. The summed E-state index contributed by atoms with van der Waals surface area (Å²) in [6.07, 6.45) is -4.85. The van der Waals surface area contributed by atoms with E-state index < -0.39 is 107 Å². The molecule has 25 nitrogen and oxygen atoms in total. The van der Waals surface area contributed by atoms with Gasteiger partial charge in [-0.15, -0.1) is 6.58 Å². The zero-order valence-corrected chi connectivity index (χ0v) is 32.4. The quantitative estimate of drug-likeness (QED) is 0.0460. The minimum absolute atomic E-state index is 0.0128. The molecule has 3 aromatic rings. The van der Waals surface area contributed by atoms with Crippen LogP contribution in [-0.4, -0.2) is 122 Å². The second-order valence-corrected chi connectivity index (χ2v) is 15.9. The molecule has 57 heavy (non-hydrogen) atoms. The van der Waals surface area contributed by atoms with Crippen LogP contribution in [0, 0.1) is 0 Å². The van der Waals surface area contributed by atoms with Gasteiger partial charge in [-0.3, -0.25) is 32.3 Å².